The first-order chi connectivity index (χ1) is 8.61. The molecule has 1 heterocycles. The summed E-state index contributed by atoms with van der Waals surface area (Å²) in [7, 11) is 0. The summed E-state index contributed by atoms with van der Waals surface area (Å²) in [6, 6.07) is 9.78. The molecule has 3 heteroatoms. The molecule has 1 aliphatic heterocycles. The molecule has 1 aromatic rings. The molecule has 2 rings (SSSR count). The summed E-state index contributed by atoms with van der Waals surface area (Å²) in [4.78, 5) is 3.89. The van der Waals surface area contributed by atoms with Gasteiger partial charge in [-0.15, -0.1) is 11.8 Å². The van der Waals surface area contributed by atoms with E-state index in [9.17, 15) is 0 Å². The van der Waals surface area contributed by atoms with Crippen LogP contribution in [-0.4, -0.2) is 30.3 Å². The highest BCUT2D eigenvalue weighted by molar-refractivity contribution is 7.98. The maximum atomic E-state index is 6.01. The van der Waals surface area contributed by atoms with Crippen molar-refractivity contribution in [2.45, 2.75) is 37.2 Å². The van der Waals surface area contributed by atoms with E-state index in [1.807, 2.05) is 0 Å². The second-order valence-corrected chi connectivity index (χ2v) is 6.23. The van der Waals surface area contributed by atoms with Crippen molar-refractivity contribution in [2.75, 3.05) is 19.3 Å². The van der Waals surface area contributed by atoms with E-state index in [2.05, 4.69) is 49.3 Å². The van der Waals surface area contributed by atoms with E-state index >= 15 is 0 Å². The van der Waals surface area contributed by atoms with Crippen LogP contribution in [0.4, 0.5) is 0 Å². The van der Waals surface area contributed by atoms with Crippen LogP contribution in [0.3, 0.4) is 0 Å². The average Bonchev–Trinajstić information content (AvgIpc) is 2.88. The average molecular weight is 264 g/mol. The van der Waals surface area contributed by atoms with Crippen molar-refractivity contribution in [3.8, 4) is 0 Å². The number of rotatable bonds is 4. The summed E-state index contributed by atoms with van der Waals surface area (Å²) in [6.07, 6.45) is 3.36. The lowest BCUT2D eigenvalue weighted by molar-refractivity contribution is 0.248. The van der Waals surface area contributed by atoms with E-state index < -0.39 is 0 Å². The predicted octanol–water partition coefficient (Wildman–Crippen LogP) is 3.14. The Morgan fingerprint density at radius 2 is 1.94 bits per heavy atom. The minimum atomic E-state index is 0.320. The second kappa shape index (κ2) is 6.09. The van der Waals surface area contributed by atoms with Crippen molar-refractivity contribution < 1.29 is 0 Å². The molecule has 0 amide bonds. The van der Waals surface area contributed by atoms with Gasteiger partial charge < -0.3 is 5.73 Å². The number of nitrogens with zero attached hydrogens (tertiary/aromatic N) is 1. The summed E-state index contributed by atoms with van der Waals surface area (Å²) in [6.45, 7) is 6.75. The Labute approximate surface area is 115 Å². The minimum Gasteiger partial charge on any atom is -0.328 e. The van der Waals surface area contributed by atoms with E-state index in [0.717, 1.165) is 6.54 Å². The van der Waals surface area contributed by atoms with Crippen LogP contribution >= 0.6 is 11.8 Å². The Morgan fingerprint density at radius 1 is 1.28 bits per heavy atom. The smallest absolute Gasteiger partial charge is 0.0320 e. The lowest BCUT2D eigenvalue weighted by Gasteiger charge is -2.25. The summed E-state index contributed by atoms with van der Waals surface area (Å²) in [5.41, 5.74) is 7.42. The van der Waals surface area contributed by atoms with E-state index in [-0.39, 0.29) is 0 Å². The molecular weight excluding hydrogens is 240 g/mol. The van der Waals surface area contributed by atoms with E-state index in [1.165, 1.54) is 23.4 Å². The Balaban J connectivity index is 2.00. The van der Waals surface area contributed by atoms with E-state index in [0.29, 0.717) is 18.0 Å². The number of hydrogen-bond donors (Lipinski definition) is 1. The quantitative estimate of drug-likeness (QED) is 0.847. The van der Waals surface area contributed by atoms with Crippen molar-refractivity contribution in [1.82, 2.24) is 4.90 Å². The molecule has 100 valence electrons. The zero-order chi connectivity index (χ0) is 13.1. The van der Waals surface area contributed by atoms with Crippen LogP contribution in [0, 0.1) is 5.92 Å². The third-order valence-corrected chi connectivity index (χ3v) is 4.89. The first kappa shape index (κ1) is 13.9. The lowest BCUT2D eigenvalue weighted by atomic mass is 10.0. The van der Waals surface area contributed by atoms with Gasteiger partial charge in [-0.3, -0.25) is 4.90 Å². The third kappa shape index (κ3) is 3.08. The molecule has 0 saturated carbocycles. The van der Waals surface area contributed by atoms with Gasteiger partial charge in [0.15, 0.2) is 0 Å². The number of likely N-dealkylation sites (tertiary alicyclic amines) is 1. The van der Waals surface area contributed by atoms with Crippen molar-refractivity contribution in [1.29, 1.82) is 0 Å². The van der Waals surface area contributed by atoms with Crippen molar-refractivity contribution in [2.24, 2.45) is 11.7 Å². The van der Waals surface area contributed by atoms with Gasteiger partial charge in [0.1, 0.15) is 0 Å². The molecule has 2 N–H and O–H groups in total. The van der Waals surface area contributed by atoms with Crippen molar-refractivity contribution in [3.05, 3.63) is 29.8 Å². The fourth-order valence-corrected chi connectivity index (χ4v) is 3.10. The van der Waals surface area contributed by atoms with Gasteiger partial charge in [-0.05, 0) is 56.7 Å². The molecule has 0 aliphatic carbocycles. The highest BCUT2D eigenvalue weighted by Gasteiger charge is 2.28. The molecule has 1 fully saturated rings. The fraction of sp³-hybridized carbons (Fsp3) is 0.600. The largest absolute Gasteiger partial charge is 0.328 e. The summed E-state index contributed by atoms with van der Waals surface area (Å²) in [5.74, 6) is 0.665. The monoisotopic (exact) mass is 264 g/mol. The summed E-state index contributed by atoms with van der Waals surface area (Å²) < 4.78 is 0. The zero-order valence-corrected chi connectivity index (χ0v) is 12.4. The molecule has 2 nitrogen and oxygen atoms in total. The van der Waals surface area contributed by atoms with Gasteiger partial charge in [-0.25, -0.2) is 0 Å². The molecule has 3 atom stereocenters. The maximum absolute atomic E-state index is 6.01. The Hall–Kier alpha value is -0.510. The molecule has 0 radical (unpaired) electrons. The van der Waals surface area contributed by atoms with Gasteiger partial charge in [0, 0.05) is 23.5 Å². The number of hydrogen-bond acceptors (Lipinski definition) is 3. The lowest BCUT2D eigenvalue weighted by Crippen LogP contribution is -2.30. The molecule has 0 aromatic heterocycles. The van der Waals surface area contributed by atoms with Gasteiger partial charge in [-0.2, -0.15) is 0 Å². The molecule has 18 heavy (non-hydrogen) atoms. The Kier molecular flexibility index (Phi) is 4.71. The van der Waals surface area contributed by atoms with Crippen LogP contribution in [0.15, 0.2) is 29.2 Å². The SMILES string of the molecule is CSc1ccc(C(C)N2CCC(C(C)N)C2)cc1. The Morgan fingerprint density at radius 3 is 2.44 bits per heavy atom. The first-order valence-electron chi connectivity index (χ1n) is 6.75. The second-order valence-electron chi connectivity index (χ2n) is 5.35. The van der Waals surface area contributed by atoms with Crippen LogP contribution in [0.25, 0.3) is 0 Å². The van der Waals surface area contributed by atoms with Crippen LogP contribution in [0.5, 0.6) is 0 Å². The highest BCUT2D eigenvalue weighted by atomic mass is 32.2. The standard InChI is InChI=1S/C15H24N2S/c1-11(16)14-8-9-17(10-14)12(2)13-4-6-15(18-3)7-5-13/h4-7,11-12,14H,8-10,16H2,1-3H3. The van der Waals surface area contributed by atoms with E-state index in [1.54, 1.807) is 11.8 Å². The number of nitrogens with two attached hydrogens (primary N) is 1. The van der Waals surface area contributed by atoms with Crippen LogP contribution in [0.1, 0.15) is 31.9 Å². The van der Waals surface area contributed by atoms with Gasteiger partial charge in [-0.1, -0.05) is 12.1 Å². The molecule has 3 unspecified atom stereocenters. The van der Waals surface area contributed by atoms with Gasteiger partial charge in [0.25, 0.3) is 0 Å². The number of thioether (sulfide) groups is 1. The molecular formula is C15H24N2S. The van der Waals surface area contributed by atoms with Crippen molar-refractivity contribution in [3.63, 3.8) is 0 Å². The number of benzene rings is 1. The fourth-order valence-electron chi connectivity index (χ4n) is 2.69. The molecule has 0 spiro atoms. The summed E-state index contributed by atoms with van der Waals surface area (Å²) in [5, 5.41) is 0. The van der Waals surface area contributed by atoms with E-state index in [4.69, 9.17) is 5.73 Å². The normalized spacial score (nSPS) is 24.1. The Bertz CT molecular complexity index is 375. The van der Waals surface area contributed by atoms with Crippen LogP contribution in [0.2, 0.25) is 0 Å². The topological polar surface area (TPSA) is 29.3 Å². The van der Waals surface area contributed by atoms with Crippen LogP contribution in [-0.2, 0) is 0 Å². The molecule has 1 aromatic carbocycles. The zero-order valence-electron chi connectivity index (χ0n) is 11.6. The van der Waals surface area contributed by atoms with Crippen LogP contribution < -0.4 is 5.73 Å². The highest BCUT2D eigenvalue weighted by Crippen LogP contribution is 2.29. The van der Waals surface area contributed by atoms with Crippen molar-refractivity contribution >= 4 is 11.8 Å². The molecule has 1 aliphatic rings. The molecule has 1 saturated heterocycles. The maximum Gasteiger partial charge on any atom is 0.0320 e. The predicted molar refractivity (Wildman–Crippen MR) is 80.0 cm³/mol. The minimum absolute atomic E-state index is 0.320. The first-order valence-corrected chi connectivity index (χ1v) is 7.98. The van der Waals surface area contributed by atoms with Gasteiger partial charge in [0.2, 0.25) is 0 Å². The summed E-state index contributed by atoms with van der Waals surface area (Å²) >= 11 is 1.80. The van der Waals surface area contributed by atoms with Gasteiger partial charge >= 0.3 is 0 Å². The molecule has 0 bridgehead atoms. The third-order valence-electron chi connectivity index (χ3n) is 4.15. The van der Waals surface area contributed by atoms with Gasteiger partial charge in [0.05, 0.1) is 0 Å².